The van der Waals surface area contributed by atoms with Crippen molar-refractivity contribution in [2.75, 3.05) is 34.3 Å². The molecule has 26 heavy (non-hydrogen) atoms. The third kappa shape index (κ3) is 3.70. The van der Waals surface area contributed by atoms with E-state index in [2.05, 4.69) is 33.3 Å². The topological polar surface area (TPSA) is 76.4 Å². The summed E-state index contributed by atoms with van der Waals surface area (Å²) in [6, 6.07) is 5.61. The lowest BCUT2D eigenvalue weighted by Gasteiger charge is -2.40. The fourth-order valence-electron chi connectivity index (χ4n) is 3.77. The Morgan fingerprint density at radius 1 is 1.31 bits per heavy atom. The van der Waals surface area contributed by atoms with Crippen molar-refractivity contribution in [2.45, 2.75) is 18.9 Å². The number of piperidine rings is 1. The summed E-state index contributed by atoms with van der Waals surface area (Å²) < 4.78 is 6.92. The van der Waals surface area contributed by atoms with Crippen LogP contribution in [0.15, 0.2) is 24.4 Å². The molecule has 2 atom stereocenters. The van der Waals surface area contributed by atoms with Crippen LogP contribution < -0.4 is 4.74 Å². The second-order valence-electron chi connectivity index (χ2n) is 6.85. The normalized spacial score (nSPS) is 20.8. The molecule has 8 nitrogen and oxygen atoms in total. The van der Waals surface area contributed by atoms with Crippen LogP contribution in [0.1, 0.15) is 35.1 Å². The van der Waals surface area contributed by atoms with Gasteiger partial charge in [-0.25, -0.2) is 0 Å². The van der Waals surface area contributed by atoms with Gasteiger partial charge in [0, 0.05) is 32.9 Å². The van der Waals surface area contributed by atoms with E-state index in [4.69, 9.17) is 4.74 Å². The van der Waals surface area contributed by atoms with Crippen molar-refractivity contribution in [2.24, 2.45) is 13.0 Å². The number of hydrogen-bond acceptors (Lipinski definition) is 6. The van der Waals surface area contributed by atoms with E-state index in [0.717, 1.165) is 19.4 Å². The largest absolute Gasteiger partial charge is 0.480 e. The van der Waals surface area contributed by atoms with E-state index in [9.17, 15) is 4.79 Å². The molecule has 3 rings (SSSR count). The van der Waals surface area contributed by atoms with Crippen LogP contribution >= 0.6 is 0 Å². The summed E-state index contributed by atoms with van der Waals surface area (Å²) in [5, 5.41) is 12.2. The summed E-state index contributed by atoms with van der Waals surface area (Å²) in [6.45, 7) is 1.71. The van der Waals surface area contributed by atoms with Crippen LogP contribution in [-0.2, 0) is 7.05 Å². The number of carbonyl (C=O) groups excluding carboxylic acids is 1. The zero-order valence-electron chi connectivity index (χ0n) is 15.8. The molecule has 140 valence electrons. The van der Waals surface area contributed by atoms with Gasteiger partial charge in [-0.05, 0) is 44.5 Å². The van der Waals surface area contributed by atoms with Crippen LogP contribution in [-0.4, -0.2) is 70.0 Å². The lowest BCUT2D eigenvalue weighted by atomic mass is 9.87. The third-order valence-electron chi connectivity index (χ3n) is 5.09. The van der Waals surface area contributed by atoms with E-state index in [-0.39, 0.29) is 11.9 Å². The molecule has 0 aromatic carbocycles. The van der Waals surface area contributed by atoms with Crippen LogP contribution in [0.2, 0.25) is 0 Å². The molecule has 0 radical (unpaired) electrons. The van der Waals surface area contributed by atoms with E-state index in [1.54, 1.807) is 17.0 Å². The van der Waals surface area contributed by atoms with Gasteiger partial charge in [-0.15, -0.1) is 10.2 Å². The Bertz CT molecular complexity index is 744. The SMILES string of the molecule is COc1ccc(C(=O)N(C)C[C@@H]2CCCN(C)[C@H]2c2ccnn2C)nn1. The number of amides is 1. The minimum absolute atomic E-state index is 0.128. The van der Waals surface area contributed by atoms with Crippen LogP contribution in [0.5, 0.6) is 5.88 Å². The van der Waals surface area contributed by atoms with Crippen LogP contribution in [0, 0.1) is 5.92 Å². The van der Waals surface area contributed by atoms with Crippen molar-refractivity contribution in [3.8, 4) is 5.88 Å². The second-order valence-corrected chi connectivity index (χ2v) is 6.85. The minimum Gasteiger partial charge on any atom is -0.480 e. The van der Waals surface area contributed by atoms with Gasteiger partial charge in [0.05, 0.1) is 18.8 Å². The summed E-state index contributed by atoms with van der Waals surface area (Å²) in [5.41, 5.74) is 1.51. The molecule has 1 saturated heterocycles. The molecular weight excluding hydrogens is 332 g/mol. The maximum absolute atomic E-state index is 12.7. The number of aromatic nitrogens is 4. The van der Waals surface area contributed by atoms with E-state index < -0.39 is 0 Å². The summed E-state index contributed by atoms with van der Waals surface area (Å²) in [7, 11) is 7.45. The average molecular weight is 358 g/mol. The highest BCUT2D eigenvalue weighted by Crippen LogP contribution is 2.35. The van der Waals surface area contributed by atoms with Gasteiger partial charge in [-0.2, -0.15) is 5.10 Å². The molecule has 1 fully saturated rings. The Morgan fingerprint density at radius 3 is 2.73 bits per heavy atom. The first-order valence-electron chi connectivity index (χ1n) is 8.82. The molecule has 2 aromatic heterocycles. The van der Waals surface area contributed by atoms with Gasteiger partial charge in [0.1, 0.15) is 0 Å². The number of likely N-dealkylation sites (tertiary alicyclic amines) is 1. The molecule has 3 heterocycles. The quantitative estimate of drug-likeness (QED) is 0.804. The maximum Gasteiger partial charge on any atom is 0.274 e. The lowest BCUT2D eigenvalue weighted by Crippen LogP contribution is -2.43. The van der Waals surface area contributed by atoms with Gasteiger partial charge < -0.3 is 9.64 Å². The summed E-state index contributed by atoms with van der Waals surface area (Å²) in [6.07, 6.45) is 4.03. The van der Waals surface area contributed by atoms with E-state index in [0.29, 0.717) is 24.0 Å². The molecule has 1 aliphatic rings. The number of aryl methyl sites for hydroxylation is 1. The van der Waals surface area contributed by atoms with Gasteiger partial charge in [-0.3, -0.25) is 14.4 Å². The van der Waals surface area contributed by atoms with Crippen LogP contribution in [0.4, 0.5) is 0 Å². The summed E-state index contributed by atoms with van der Waals surface area (Å²) in [5.74, 6) is 0.607. The van der Waals surface area contributed by atoms with Gasteiger partial charge >= 0.3 is 0 Å². The first-order valence-corrected chi connectivity index (χ1v) is 8.82. The number of rotatable bonds is 5. The van der Waals surface area contributed by atoms with Crippen molar-refractivity contribution >= 4 is 5.91 Å². The zero-order chi connectivity index (χ0) is 18.7. The molecule has 1 amide bonds. The first-order chi connectivity index (χ1) is 12.5. The first kappa shape index (κ1) is 18.3. The van der Waals surface area contributed by atoms with Gasteiger partial charge in [-0.1, -0.05) is 0 Å². The fourth-order valence-corrected chi connectivity index (χ4v) is 3.77. The fraction of sp³-hybridized carbons (Fsp3) is 0.556. The summed E-state index contributed by atoms with van der Waals surface area (Å²) in [4.78, 5) is 16.8. The highest BCUT2D eigenvalue weighted by molar-refractivity contribution is 5.91. The van der Waals surface area contributed by atoms with E-state index in [1.165, 1.54) is 12.8 Å². The highest BCUT2D eigenvalue weighted by Gasteiger charge is 2.34. The third-order valence-corrected chi connectivity index (χ3v) is 5.09. The smallest absolute Gasteiger partial charge is 0.274 e. The molecule has 0 bridgehead atoms. The number of carbonyl (C=O) groups is 1. The van der Waals surface area contributed by atoms with E-state index in [1.807, 2.05) is 25.0 Å². The molecule has 0 spiro atoms. The van der Waals surface area contributed by atoms with Crippen molar-refractivity contribution in [3.05, 3.63) is 35.8 Å². The average Bonchev–Trinajstić information content (AvgIpc) is 3.07. The monoisotopic (exact) mass is 358 g/mol. The van der Waals surface area contributed by atoms with Crippen LogP contribution in [0.25, 0.3) is 0 Å². The Hall–Kier alpha value is -2.48. The molecule has 2 aromatic rings. The Kier molecular flexibility index (Phi) is 5.51. The van der Waals surface area contributed by atoms with Crippen molar-refractivity contribution in [1.29, 1.82) is 0 Å². The number of nitrogens with zero attached hydrogens (tertiary/aromatic N) is 6. The molecule has 0 aliphatic carbocycles. The van der Waals surface area contributed by atoms with Crippen molar-refractivity contribution in [1.82, 2.24) is 29.8 Å². The molecule has 1 aliphatic heterocycles. The number of ether oxygens (including phenoxy) is 1. The highest BCUT2D eigenvalue weighted by atomic mass is 16.5. The van der Waals surface area contributed by atoms with Crippen molar-refractivity contribution < 1.29 is 9.53 Å². The lowest BCUT2D eigenvalue weighted by molar-refractivity contribution is 0.0625. The second kappa shape index (κ2) is 7.82. The standard InChI is InChI=1S/C18H26N6O2/c1-22-11-5-6-13(17(22)15-9-10-19-24(15)3)12-23(2)18(25)14-7-8-16(26-4)21-20-14/h7-10,13,17H,5-6,11-12H2,1-4H3/t13-,17+/m0/s1. The Labute approximate surface area is 153 Å². The minimum atomic E-state index is -0.128. The number of methoxy groups -OCH3 is 1. The van der Waals surface area contributed by atoms with Crippen molar-refractivity contribution in [3.63, 3.8) is 0 Å². The Balaban J connectivity index is 1.74. The molecular formula is C18H26N6O2. The molecule has 0 unspecified atom stereocenters. The van der Waals surface area contributed by atoms with Gasteiger partial charge in [0.2, 0.25) is 5.88 Å². The van der Waals surface area contributed by atoms with E-state index >= 15 is 0 Å². The molecule has 8 heteroatoms. The van der Waals surface area contributed by atoms with Gasteiger partial charge in [0.25, 0.3) is 5.91 Å². The van der Waals surface area contributed by atoms with Gasteiger partial charge in [0.15, 0.2) is 5.69 Å². The maximum atomic E-state index is 12.7. The summed E-state index contributed by atoms with van der Waals surface area (Å²) >= 11 is 0. The number of hydrogen-bond donors (Lipinski definition) is 0. The zero-order valence-corrected chi connectivity index (χ0v) is 15.8. The Morgan fingerprint density at radius 2 is 2.12 bits per heavy atom. The predicted molar refractivity (Wildman–Crippen MR) is 96.8 cm³/mol. The van der Waals surface area contributed by atoms with Crippen LogP contribution in [0.3, 0.4) is 0 Å². The predicted octanol–water partition coefficient (Wildman–Crippen LogP) is 1.37. The molecule has 0 N–H and O–H groups in total. The molecule has 0 saturated carbocycles.